The first-order chi connectivity index (χ1) is 10.4. The maximum Gasteiger partial charge on any atom is 0.249 e. The zero-order valence-corrected chi connectivity index (χ0v) is 12.2. The molecule has 2 rings (SSSR count). The largest absolute Gasteiger partial charge is 0.366 e. The highest BCUT2D eigenvalue weighted by Crippen LogP contribution is 2.28. The van der Waals surface area contributed by atoms with Crippen LogP contribution in [0.4, 0.5) is 5.69 Å². The molecule has 0 radical (unpaired) electrons. The minimum Gasteiger partial charge on any atom is -0.366 e. The predicted octanol–water partition coefficient (Wildman–Crippen LogP) is 0.490. The number of carbonyl (C=O) groups excluding carboxylic acids is 2. The fraction of sp³-hybridized carbons (Fsp3) is 0. The number of nitrogens with two attached hydrogens (primary N) is 2. The summed E-state index contributed by atoms with van der Waals surface area (Å²) in [4.78, 5) is 23.1. The first-order valence-electron chi connectivity index (χ1n) is 6.14. The molecule has 0 aliphatic rings. The summed E-state index contributed by atoms with van der Waals surface area (Å²) in [7, 11) is -2.77. The maximum atomic E-state index is 11.6. The summed E-state index contributed by atoms with van der Waals surface area (Å²) >= 11 is 0. The van der Waals surface area contributed by atoms with Crippen molar-refractivity contribution in [2.24, 2.45) is 11.5 Å². The summed E-state index contributed by atoms with van der Waals surface area (Å²) < 4.78 is 23.5. The Kier molecular flexibility index (Phi) is 4.42. The van der Waals surface area contributed by atoms with Gasteiger partial charge in [0.25, 0.3) is 0 Å². The van der Waals surface area contributed by atoms with Crippen molar-refractivity contribution in [3.05, 3.63) is 53.6 Å². The van der Waals surface area contributed by atoms with Gasteiger partial charge in [-0.15, -0.1) is 0 Å². The Labute approximate surface area is 128 Å². The molecule has 0 fully saturated rings. The number of hydrogen-bond acceptors (Lipinski definition) is 4. The van der Waals surface area contributed by atoms with Crippen molar-refractivity contribution in [2.45, 2.75) is 0 Å². The molecule has 2 aromatic carbocycles. The Bertz CT molecular complexity index is 773. The van der Waals surface area contributed by atoms with Gasteiger partial charge in [-0.05, 0) is 29.8 Å². The number of carbonyl (C=O) groups is 2. The zero-order chi connectivity index (χ0) is 16.3. The molecule has 0 atom stereocenters. The van der Waals surface area contributed by atoms with E-state index < -0.39 is 22.7 Å². The number of anilines is 1. The van der Waals surface area contributed by atoms with Gasteiger partial charge in [-0.3, -0.25) is 14.3 Å². The molecular formula is C14H13N3O4S. The quantitative estimate of drug-likeness (QED) is 0.597. The van der Waals surface area contributed by atoms with Crippen LogP contribution in [0, 0.1) is 0 Å². The van der Waals surface area contributed by atoms with E-state index in [1.165, 1.54) is 30.3 Å². The Morgan fingerprint density at radius 3 is 1.77 bits per heavy atom. The average Bonchev–Trinajstić information content (AvgIpc) is 2.46. The van der Waals surface area contributed by atoms with Crippen LogP contribution in [0.5, 0.6) is 0 Å². The van der Waals surface area contributed by atoms with E-state index in [9.17, 15) is 18.0 Å². The van der Waals surface area contributed by atoms with Gasteiger partial charge in [-0.25, -0.2) is 8.42 Å². The van der Waals surface area contributed by atoms with Crippen molar-refractivity contribution in [3.63, 3.8) is 0 Å². The number of benzene rings is 2. The van der Waals surface area contributed by atoms with E-state index in [0.717, 1.165) is 0 Å². The highest BCUT2D eigenvalue weighted by atomic mass is 32.2. The first-order valence-corrected chi connectivity index (χ1v) is 7.32. The zero-order valence-electron chi connectivity index (χ0n) is 11.3. The lowest BCUT2D eigenvalue weighted by Gasteiger charge is -2.12. The number of hydrogen-bond donors (Lipinski definition) is 4. The normalized spacial score (nSPS) is 10.4. The van der Waals surface area contributed by atoms with E-state index in [0.29, 0.717) is 16.8 Å². The number of rotatable bonds is 5. The first kappa shape index (κ1) is 15.5. The van der Waals surface area contributed by atoms with Gasteiger partial charge in [-0.2, -0.15) is 0 Å². The third-order valence-corrected chi connectivity index (χ3v) is 3.43. The van der Waals surface area contributed by atoms with E-state index >= 15 is 0 Å². The van der Waals surface area contributed by atoms with Gasteiger partial charge in [0.1, 0.15) is 0 Å². The summed E-state index contributed by atoms with van der Waals surface area (Å²) in [5.74, 6) is -1.38. The minimum atomic E-state index is -2.77. The second kappa shape index (κ2) is 6.27. The molecule has 0 aliphatic carbocycles. The molecule has 0 spiro atoms. The van der Waals surface area contributed by atoms with Crippen LogP contribution in [0.25, 0.3) is 11.1 Å². The number of nitrogens with one attached hydrogen (secondary N) is 1. The van der Waals surface area contributed by atoms with Crippen molar-refractivity contribution in [1.82, 2.24) is 0 Å². The summed E-state index contributed by atoms with van der Waals surface area (Å²) in [5.41, 5.74) is 12.2. The number of thiol groups is 1. The van der Waals surface area contributed by atoms with Gasteiger partial charge in [0.2, 0.25) is 22.7 Å². The van der Waals surface area contributed by atoms with Gasteiger partial charge in [0, 0.05) is 22.4 Å². The Balaban J connectivity index is 2.60. The van der Waals surface area contributed by atoms with Crippen LogP contribution in [-0.4, -0.2) is 20.2 Å². The smallest absolute Gasteiger partial charge is 0.249 e. The van der Waals surface area contributed by atoms with Crippen molar-refractivity contribution < 1.29 is 18.0 Å². The lowest BCUT2D eigenvalue weighted by atomic mass is 9.93. The fourth-order valence-corrected chi connectivity index (χ4v) is 2.45. The van der Waals surface area contributed by atoms with Gasteiger partial charge in [-0.1, -0.05) is 18.2 Å². The molecule has 5 N–H and O–H groups in total. The van der Waals surface area contributed by atoms with E-state index in [-0.39, 0.29) is 11.1 Å². The topological polar surface area (TPSA) is 132 Å². The van der Waals surface area contributed by atoms with Crippen molar-refractivity contribution in [2.75, 3.05) is 4.72 Å². The molecule has 0 saturated carbocycles. The monoisotopic (exact) mass is 319 g/mol. The van der Waals surface area contributed by atoms with E-state index in [1.807, 2.05) is 0 Å². The van der Waals surface area contributed by atoms with E-state index in [1.54, 1.807) is 12.1 Å². The Morgan fingerprint density at radius 1 is 0.864 bits per heavy atom. The van der Waals surface area contributed by atoms with Crippen molar-refractivity contribution >= 4 is 28.4 Å². The maximum absolute atomic E-state index is 11.6. The van der Waals surface area contributed by atoms with Crippen molar-refractivity contribution in [1.29, 1.82) is 0 Å². The van der Waals surface area contributed by atoms with Gasteiger partial charge < -0.3 is 11.5 Å². The van der Waals surface area contributed by atoms with Crippen LogP contribution in [-0.2, 0) is 10.9 Å². The Morgan fingerprint density at radius 2 is 1.36 bits per heavy atom. The van der Waals surface area contributed by atoms with Crippen LogP contribution in [0.15, 0.2) is 42.5 Å². The molecule has 2 aromatic rings. The third-order valence-electron chi connectivity index (χ3n) is 2.99. The minimum absolute atomic E-state index is 0.159. The molecule has 0 heterocycles. The van der Waals surface area contributed by atoms with E-state index in [2.05, 4.69) is 4.72 Å². The van der Waals surface area contributed by atoms with Crippen LogP contribution in [0.2, 0.25) is 0 Å². The van der Waals surface area contributed by atoms with Gasteiger partial charge in [0.05, 0.1) is 0 Å². The Hall–Kier alpha value is -2.87. The second-order valence-electron chi connectivity index (χ2n) is 4.40. The number of amides is 2. The molecular weight excluding hydrogens is 306 g/mol. The molecule has 0 unspecified atom stereocenters. The molecule has 0 aliphatic heterocycles. The van der Waals surface area contributed by atoms with Crippen LogP contribution in [0.1, 0.15) is 20.7 Å². The second-order valence-corrected chi connectivity index (χ2v) is 5.14. The average molecular weight is 319 g/mol. The molecule has 8 heteroatoms. The van der Waals surface area contributed by atoms with Crippen LogP contribution >= 0.6 is 0 Å². The standard InChI is InChI=1S/C14H13N3O4S/c15-13(18)10-2-1-3-11(14(16)19)12(10)8-4-6-9(7-5-8)17-22(20)21/h1-7,22H,(H2,15,18)(H2,16,19)(H,17,20,21). The van der Waals surface area contributed by atoms with Crippen LogP contribution < -0.4 is 16.2 Å². The summed E-state index contributed by atoms with van der Waals surface area (Å²) in [6.07, 6.45) is 0. The van der Waals surface area contributed by atoms with Crippen LogP contribution in [0.3, 0.4) is 0 Å². The number of primary amides is 2. The van der Waals surface area contributed by atoms with Gasteiger partial charge >= 0.3 is 0 Å². The summed E-state index contributed by atoms with van der Waals surface area (Å²) in [5, 5.41) is 0. The van der Waals surface area contributed by atoms with Gasteiger partial charge in [0.15, 0.2) is 0 Å². The molecule has 0 bridgehead atoms. The SMILES string of the molecule is NC(=O)c1cccc(C(N)=O)c1-c1ccc(N[SH](=O)=O)cc1. The van der Waals surface area contributed by atoms with Crippen molar-refractivity contribution in [3.8, 4) is 11.1 Å². The van der Waals surface area contributed by atoms with E-state index in [4.69, 9.17) is 11.5 Å². The lowest BCUT2D eigenvalue weighted by molar-refractivity contribution is 0.0999. The molecule has 0 aromatic heterocycles. The fourth-order valence-electron chi connectivity index (χ4n) is 2.09. The summed E-state index contributed by atoms with van der Waals surface area (Å²) in [6.45, 7) is 0. The predicted molar refractivity (Wildman–Crippen MR) is 82.9 cm³/mol. The summed E-state index contributed by atoms with van der Waals surface area (Å²) in [6, 6.07) is 10.6. The molecule has 114 valence electrons. The highest BCUT2D eigenvalue weighted by Gasteiger charge is 2.17. The third kappa shape index (κ3) is 3.23. The molecule has 2 amide bonds. The highest BCUT2D eigenvalue weighted by molar-refractivity contribution is 7.73. The molecule has 22 heavy (non-hydrogen) atoms. The molecule has 7 nitrogen and oxygen atoms in total. The molecule has 0 saturated heterocycles. The lowest BCUT2D eigenvalue weighted by Crippen LogP contribution is -2.18.